The van der Waals surface area contributed by atoms with E-state index in [-0.39, 0.29) is 11.7 Å². The zero-order valence-electron chi connectivity index (χ0n) is 10.4. The van der Waals surface area contributed by atoms with E-state index in [2.05, 4.69) is 12.5 Å². The van der Waals surface area contributed by atoms with Crippen LogP contribution in [0.3, 0.4) is 0 Å². The van der Waals surface area contributed by atoms with Crippen molar-refractivity contribution in [1.29, 1.82) is 0 Å². The van der Waals surface area contributed by atoms with Gasteiger partial charge in [-0.15, -0.1) is 12.3 Å². The average molecular weight is 234 g/mol. The molecular weight excluding hydrogens is 216 g/mol. The van der Waals surface area contributed by atoms with Crippen LogP contribution < -0.4 is 0 Å². The summed E-state index contributed by atoms with van der Waals surface area (Å²) < 4.78 is 4.76. The molecule has 0 aromatic rings. The van der Waals surface area contributed by atoms with Crippen LogP contribution in [-0.2, 0) is 14.3 Å². The van der Waals surface area contributed by atoms with Crippen LogP contribution in [-0.4, -0.2) is 18.9 Å². The Kier molecular flexibility index (Phi) is 4.11. The monoisotopic (exact) mass is 234 g/mol. The standard InChI is InChI=1S/C14H18O3/c1-5-6-7-12-8-9-14(10(12)2,11(3)15)13(16)17-4/h1,12H,2,6-9H2,3-4H3/t12-,14+/m0/s1. The van der Waals surface area contributed by atoms with Gasteiger partial charge in [-0.1, -0.05) is 6.58 Å². The van der Waals surface area contributed by atoms with Crippen LogP contribution in [0.25, 0.3) is 0 Å². The lowest BCUT2D eigenvalue weighted by Crippen LogP contribution is -2.38. The van der Waals surface area contributed by atoms with Gasteiger partial charge in [-0.3, -0.25) is 9.59 Å². The van der Waals surface area contributed by atoms with Crippen LogP contribution in [0.2, 0.25) is 0 Å². The van der Waals surface area contributed by atoms with E-state index < -0.39 is 11.4 Å². The number of Topliss-reactive ketones (excluding diaryl/α,β-unsaturated/α-hetero) is 1. The maximum Gasteiger partial charge on any atom is 0.323 e. The van der Waals surface area contributed by atoms with Crippen LogP contribution in [0.5, 0.6) is 0 Å². The number of terminal acetylenes is 1. The zero-order chi connectivity index (χ0) is 13.1. The lowest BCUT2D eigenvalue weighted by molar-refractivity contribution is -0.154. The smallest absolute Gasteiger partial charge is 0.323 e. The largest absolute Gasteiger partial charge is 0.468 e. The summed E-state index contributed by atoms with van der Waals surface area (Å²) in [5.41, 5.74) is -0.458. The summed E-state index contributed by atoms with van der Waals surface area (Å²) in [6, 6.07) is 0. The second-order valence-electron chi connectivity index (χ2n) is 4.46. The van der Waals surface area contributed by atoms with Crippen LogP contribution >= 0.6 is 0 Å². The summed E-state index contributed by atoms with van der Waals surface area (Å²) in [6.45, 7) is 5.36. The van der Waals surface area contributed by atoms with Crippen molar-refractivity contribution in [3.05, 3.63) is 12.2 Å². The number of ether oxygens (including phenoxy) is 1. The SMILES string of the molecule is C#CCC[C@H]1CC[C@@](C(C)=O)(C(=O)OC)C1=C. The first-order valence-corrected chi connectivity index (χ1v) is 5.73. The number of hydrogen-bond donors (Lipinski definition) is 0. The summed E-state index contributed by atoms with van der Waals surface area (Å²) in [5.74, 6) is 2.05. The third-order valence-electron chi connectivity index (χ3n) is 3.68. The van der Waals surface area contributed by atoms with Crippen molar-refractivity contribution in [2.75, 3.05) is 7.11 Å². The quantitative estimate of drug-likeness (QED) is 0.324. The molecular formula is C14H18O3. The van der Waals surface area contributed by atoms with Crippen LogP contribution in [0.4, 0.5) is 0 Å². The Labute approximate surface area is 102 Å². The highest BCUT2D eigenvalue weighted by molar-refractivity contribution is 6.06. The highest BCUT2D eigenvalue weighted by Gasteiger charge is 2.52. The molecule has 1 saturated carbocycles. The van der Waals surface area contributed by atoms with E-state index in [0.717, 1.165) is 12.8 Å². The van der Waals surface area contributed by atoms with E-state index >= 15 is 0 Å². The summed E-state index contributed by atoms with van der Waals surface area (Å²) >= 11 is 0. The van der Waals surface area contributed by atoms with Crippen LogP contribution in [0.1, 0.15) is 32.6 Å². The number of rotatable bonds is 4. The number of esters is 1. The lowest BCUT2D eigenvalue weighted by atomic mass is 9.77. The molecule has 0 N–H and O–H groups in total. The first-order chi connectivity index (χ1) is 8.00. The fraction of sp³-hybridized carbons (Fsp3) is 0.571. The van der Waals surface area contributed by atoms with Gasteiger partial charge in [0.2, 0.25) is 0 Å². The third kappa shape index (κ3) is 2.12. The van der Waals surface area contributed by atoms with Gasteiger partial charge in [0.25, 0.3) is 0 Å². The fourth-order valence-corrected chi connectivity index (χ4v) is 2.60. The topological polar surface area (TPSA) is 43.4 Å². The summed E-state index contributed by atoms with van der Waals surface area (Å²) in [4.78, 5) is 23.7. The van der Waals surface area contributed by atoms with Crippen molar-refractivity contribution in [1.82, 2.24) is 0 Å². The van der Waals surface area contributed by atoms with Gasteiger partial charge >= 0.3 is 5.97 Å². The van der Waals surface area contributed by atoms with E-state index in [0.29, 0.717) is 18.4 Å². The molecule has 1 aliphatic carbocycles. The van der Waals surface area contributed by atoms with Gasteiger partial charge in [-0.05, 0) is 37.7 Å². The Morgan fingerprint density at radius 3 is 2.76 bits per heavy atom. The number of methoxy groups -OCH3 is 1. The predicted octanol–water partition coefficient (Wildman–Crippen LogP) is 2.11. The summed E-state index contributed by atoms with van der Waals surface area (Å²) in [7, 11) is 1.30. The molecule has 1 aliphatic rings. The number of ketones is 1. The first-order valence-electron chi connectivity index (χ1n) is 5.73. The molecule has 0 amide bonds. The Balaban J connectivity index is 2.97. The van der Waals surface area contributed by atoms with Crippen molar-refractivity contribution < 1.29 is 14.3 Å². The van der Waals surface area contributed by atoms with Gasteiger partial charge in [0.15, 0.2) is 5.78 Å². The normalized spacial score (nSPS) is 27.6. The second kappa shape index (κ2) is 5.18. The summed E-state index contributed by atoms with van der Waals surface area (Å²) in [6.07, 6.45) is 7.91. The Hall–Kier alpha value is -1.56. The van der Waals surface area contributed by atoms with Crippen molar-refractivity contribution in [2.45, 2.75) is 32.6 Å². The molecule has 0 saturated heterocycles. The van der Waals surface area contributed by atoms with Gasteiger partial charge in [-0.25, -0.2) is 0 Å². The number of carbonyl (C=O) groups excluding carboxylic acids is 2. The first kappa shape index (κ1) is 13.5. The summed E-state index contributed by atoms with van der Waals surface area (Å²) in [5, 5.41) is 0. The van der Waals surface area contributed by atoms with Crippen molar-refractivity contribution in [3.63, 3.8) is 0 Å². The molecule has 0 unspecified atom stereocenters. The third-order valence-corrected chi connectivity index (χ3v) is 3.68. The van der Waals surface area contributed by atoms with Crippen LogP contribution in [0.15, 0.2) is 12.2 Å². The lowest BCUT2D eigenvalue weighted by Gasteiger charge is -2.25. The molecule has 0 spiro atoms. The van der Waals surface area contributed by atoms with Gasteiger partial charge < -0.3 is 4.74 Å². The van der Waals surface area contributed by atoms with Crippen molar-refractivity contribution in [2.24, 2.45) is 11.3 Å². The molecule has 1 fully saturated rings. The van der Waals surface area contributed by atoms with E-state index in [4.69, 9.17) is 11.2 Å². The van der Waals surface area contributed by atoms with Crippen LogP contribution in [0, 0.1) is 23.7 Å². The molecule has 0 aromatic heterocycles. The molecule has 0 radical (unpaired) electrons. The molecule has 0 aromatic carbocycles. The predicted molar refractivity (Wildman–Crippen MR) is 65.1 cm³/mol. The molecule has 17 heavy (non-hydrogen) atoms. The molecule has 0 aliphatic heterocycles. The molecule has 2 atom stereocenters. The maximum absolute atomic E-state index is 11.9. The minimum atomic E-state index is -1.13. The fourth-order valence-electron chi connectivity index (χ4n) is 2.60. The Bertz CT molecular complexity index is 389. The molecule has 0 bridgehead atoms. The van der Waals surface area contributed by atoms with E-state index in [1.807, 2.05) is 0 Å². The minimum absolute atomic E-state index is 0.147. The van der Waals surface area contributed by atoms with E-state index in [9.17, 15) is 9.59 Å². The average Bonchev–Trinajstić information content (AvgIpc) is 2.64. The molecule has 92 valence electrons. The van der Waals surface area contributed by atoms with Crippen molar-refractivity contribution >= 4 is 11.8 Å². The molecule has 0 heterocycles. The second-order valence-corrected chi connectivity index (χ2v) is 4.46. The molecule has 1 rings (SSSR count). The highest BCUT2D eigenvalue weighted by atomic mass is 16.5. The molecule has 3 heteroatoms. The Morgan fingerprint density at radius 2 is 2.29 bits per heavy atom. The zero-order valence-corrected chi connectivity index (χ0v) is 10.4. The van der Waals surface area contributed by atoms with Gasteiger partial charge in [-0.2, -0.15) is 0 Å². The maximum atomic E-state index is 11.9. The van der Waals surface area contributed by atoms with Gasteiger partial charge in [0.1, 0.15) is 5.41 Å². The number of hydrogen-bond acceptors (Lipinski definition) is 3. The van der Waals surface area contributed by atoms with Gasteiger partial charge in [0, 0.05) is 6.42 Å². The number of carbonyl (C=O) groups is 2. The Morgan fingerprint density at radius 1 is 1.65 bits per heavy atom. The minimum Gasteiger partial charge on any atom is -0.468 e. The van der Waals surface area contributed by atoms with E-state index in [1.54, 1.807) is 0 Å². The highest BCUT2D eigenvalue weighted by Crippen LogP contribution is 2.48. The van der Waals surface area contributed by atoms with Crippen molar-refractivity contribution in [3.8, 4) is 12.3 Å². The van der Waals surface area contributed by atoms with E-state index in [1.165, 1.54) is 14.0 Å². The van der Waals surface area contributed by atoms with Gasteiger partial charge in [0.05, 0.1) is 7.11 Å². The molecule has 3 nitrogen and oxygen atoms in total.